The molecular formula is C40H47F2N7O10. The van der Waals surface area contributed by atoms with Gasteiger partial charge in [0.2, 0.25) is 36.3 Å². The van der Waals surface area contributed by atoms with Crippen molar-refractivity contribution in [3.05, 3.63) is 53.6 Å². The van der Waals surface area contributed by atoms with Crippen molar-refractivity contribution in [1.29, 1.82) is 0 Å². The molecule has 0 bridgehead atoms. The largest absolute Gasteiger partial charge is 0.461 e. The standard InChI is InChI=1S/C40H47F2N7O10/c1-21-12-31-39(55)57-19-28(37(53)48-11-5-7-30(48)38(54)47-10-4-3-6-29(47)35(51)43-22(2)36(52)49(31)18-21)45-34(50)27(15-23-13-24(41)16-25(42)14-23)46-40(56)44-26-8-9-32-33(17-26)59-20-58-32/h8-9,13-14,16-17,21-22,27-31H,3-7,10-12,15,18-20H2,1-2H3,(H,43,51)(H,45,50)(H2,44,46,56)/t21-,22-,27-,28-,29-,30?,31?/m0/s1. The van der Waals surface area contributed by atoms with E-state index in [1.165, 1.54) is 33.8 Å². The number of rotatable bonds is 6. The van der Waals surface area contributed by atoms with E-state index in [4.69, 9.17) is 14.2 Å². The maximum Gasteiger partial charge on any atom is 0.328 e. The molecule has 5 heterocycles. The lowest BCUT2D eigenvalue weighted by molar-refractivity contribution is -0.158. The van der Waals surface area contributed by atoms with Crippen LogP contribution in [0.1, 0.15) is 57.9 Å². The second-order valence-electron chi connectivity index (χ2n) is 15.7. The predicted octanol–water partition coefficient (Wildman–Crippen LogP) is 1.58. The van der Waals surface area contributed by atoms with Crippen LogP contribution in [0.3, 0.4) is 0 Å². The molecule has 19 heteroatoms. The van der Waals surface area contributed by atoms with E-state index >= 15 is 0 Å². The highest BCUT2D eigenvalue weighted by molar-refractivity contribution is 5.98. The Balaban J connectivity index is 1.18. The molecule has 5 aliphatic rings. The molecule has 2 aromatic carbocycles. The summed E-state index contributed by atoms with van der Waals surface area (Å²) in [5.74, 6) is -5.23. The maximum atomic E-state index is 14.5. The van der Waals surface area contributed by atoms with Gasteiger partial charge < -0.3 is 50.2 Å². The van der Waals surface area contributed by atoms with Gasteiger partial charge in [0.05, 0.1) is 0 Å². The Labute approximate surface area is 338 Å². The average molecular weight is 824 g/mol. The molecule has 0 aliphatic carbocycles. The molecule has 0 spiro atoms. The summed E-state index contributed by atoms with van der Waals surface area (Å²) in [6.07, 6.45) is 2.11. The number of cyclic esters (lactones) is 1. The fraction of sp³-hybridized carbons (Fsp3) is 0.525. The number of hydrogen-bond acceptors (Lipinski definition) is 10. The number of fused-ring (bicyclic) bond motifs is 4. The van der Waals surface area contributed by atoms with E-state index in [9.17, 15) is 42.3 Å². The van der Waals surface area contributed by atoms with E-state index in [0.29, 0.717) is 43.2 Å². The molecular weight excluding hydrogens is 776 g/mol. The summed E-state index contributed by atoms with van der Waals surface area (Å²) in [5, 5.41) is 10.4. The van der Waals surface area contributed by atoms with Gasteiger partial charge in [-0.25, -0.2) is 18.4 Å². The third-order valence-corrected chi connectivity index (χ3v) is 11.3. The first-order valence-corrected chi connectivity index (χ1v) is 19.9. The summed E-state index contributed by atoms with van der Waals surface area (Å²) in [4.78, 5) is 102. The number of esters is 1. The summed E-state index contributed by atoms with van der Waals surface area (Å²) in [6.45, 7) is 3.21. The van der Waals surface area contributed by atoms with Crippen LogP contribution >= 0.6 is 0 Å². The Kier molecular flexibility index (Phi) is 12.2. The van der Waals surface area contributed by atoms with Crippen molar-refractivity contribution < 1.29 is 56.6 Å². The van der Waals surface area contributed by atoms with Gasteiger partial charge in [0.25, 0.3) is 0 Å². The summed E-state index contributed by atoms with van der Waals surface area (Å²) < 4.78 is 45.0. The van der Waals surface area contributed by atoms with Gasteiger partial charge in [0, 0.05) is 43.9 Å². The minimum absolute atomic E-state index is 0.00133. The number of amides is 7. The molecule has 7 rings (SSSR count). The lowest BCUT2D eigenvalue weighted by Crippen LogP contribution is -2.62. The molecule has 7 amide bonds. The van der Waals surface area contributed by atoms with Crippen molar-refractivity contribution in [1.82, 2.24) is 30.7 Å². The Bertz CT molecular complexity index is 2000. The number of carbonyl (C=O) groups excluding carboxylic acids is 7. The summed E-state index contributed by atoms with van der Waals surface area (Å²) in [7, 11) is 0. The molecule has 17 nitrogen and oxygen atoms in total. The van der Waals surface area contributed by atoms with Crippen LogP contribution in [-0.4, -0.2) is 126 Å². The predicted molar refractivity (Wildman–Crippen MR) is 202 cm³/mol. The lowest BCUT2D eigenvalue weighted by Gasteiger charge is -2.39. The highest BCUT2D eigenvalue weighted by Gasteiger charge is 2.46. The van der Waals surface area contributed by atoms with Gasteiger partial charge in [-0.1, -0.05) is 6.92 Å². The quantitative estimate of drug-likeness (QED) is 0.310. The van der Waals surface area contributed by atoms with Crippen LogP contribution in [0.2, 0.25) is 0 Å². The van der Waals surface area contributed by atoms with E-state index < -0.39 is 102 Å². The molecule has 4 fully saturated rings. The number of urea groups is 1. The maximum absolute atomic E-state index is 14.5. The van der Waals surface area contributed by atoms with Gasteiger partial charge in [-0.2, -0.15) is 0 Å². The number of halogens is 2. The van der Waals surface area contributed by atoms with Gasteiger partial charge in [0.1, 0.15) is 54.5 Å². The summed E-state index contributed by atoms with van der Waals surface area (Å²) in [5.41, 5.74) is 0.269. The Hall–Kier alpha value is -6.01. The molecule has 2 aromatic rings. The van der Waals surface area contributed by atoms with Crippen molar-refractivity contribution >= 4 is 47.2 Å². The van der Waals surface area contributed by atoms with Crippen molar-refractivity contribution in [2.45, 2.75) is 95.0 Å². The molecule has 4 saturated heterocycles. The Morgan fingerprint density at radius 1 is 0.814 bits per heavy atom. The minimum Gasteiger partial charge on any atom is -0.461 e. The molecule has 0 aromatic heterocycles. The van der Waals surface area contributed by atoms with E-state index in [-0.39, 0.29) is 56.4 Å². The fourth-order valence-electron chi connectivity index (χ4n) is 8.46. The Morgan fingerprint density at radius 2 is 1.53 bits per heavy atom. The second-order valence-corrected chi connectivity index (χ2v) is 15.7. The van der Waals surface area contributed by atoms with Crippen molar-refractivity contribution in [3.8, 4) is 11.5 Å². The van der Waals surface area contributed by atoms with E-state index in [2.05, 4.69) is 21.3 Å². The van der Waals surface area contributed by atoms with Crippen LogP contribution < -0.4 is 30.7 Å². The van der Waals surface area contributed by atoms with Crippen LogP contribution in [0.5, 0.6) is 11.5 Å². The first kappa shape index (κ1) is 41.2. The van der Waals surface area contributed by atoms with Crippen LogP contribution in [0.25, 0.3) is 0 Å². The number of anilines is 1. The minimum atomic E-state index is -1.61. The van der Waals surface area contributed by atoms with Gasteiger partial charge in [-0.15, -0.1) is 0 Å². The highest BCUT2D eigenvalue weighted by Crippen LogP contribution is 2.34. The second kappa shape index (κ2) is 17.5. The van der Waals surface area contributed by atoms with Gasteiger partial charge in [-0.3, -0.25) is 24.0 Å². The number of ether oxygens (including phenoxy) is 3. The highest BCUT2D eigenvalue weighted by atomic mass is 19.1. The molecule has 5 aliphatic heterocycles. The van der Waals surface area contributed by atoms with E-state index in [1.54, 1.807) is 6.07 Å². The SMILES string of the molecule is C[C@H]1CC2C(=O)OC[C@H](NC(=O)[C@H](Cc3cc(F)cc(F)c3)NC(=O)Nc3ccc4c(c3)OCO4)C(=O)N3CCCC3C(=O)N3CCCC[C@H]3C(=O)N[C@@H](C)C(=O)N2C1. The van der Waals surface area contributed by atoms with Crippen molar-refractivity contribution in [3.63, 3.8) is 0 Å². The van der Waals surface area contributed by atoms with Crippen molar-refractivity contribution in [2.75, 3.05) is 38.4 Å². The molecule has 4 N–H and O–H groups in total. The number of hydrogen-bond donors (Lipinski definition) is 4. The third-order valence-electron chi connectivity index (χ3n) is 11.3. The van der Waals surface area contributed by atoms with Crippen molar-refractivity contribution in [2.24, 2.45) is 5.92 Å². The van der Waals surface area contributed by atoms with Gasteiger partial charge in [0.15, 0.2) is 11.5 Å². The number of benzene rings is 2. The molecule has 0 saturated carbocycles. The lowest BCUT2D eigenvalue weighted by atomic mass is 9.99. The summed E-state index contributed by atoms with van der Waals surface area (Å²) >= 11 is 0. The zero-order valence-electron chi connectivity index (χ0n) is 32.7. The third kappa shape index (κ3) is 9.18. The smallest absolute Gasteiger partial charge is 0.328 e. The number of piperidine rings is 1. The number of nitrogens with zero attached hydrogens (tertiary/aromatic N) is 3. The van der Waals surface area contributed by atoms with Crippen LogP contribution in [0, 0.1) is 17.6 Å². The first-order valence-electron chi connectivity index (χ1n) is 19.9. The number of carbonyl (C=O) groups is 7. The fourth-order valence-corrected chi connectivity index (χ4v) is 8.46. The molecule has 0 radical (unpaired) electrons. The molecule has 316 valence electrons. The average Bonchev–Trinajstić information content (AvgIpc) is 3.97. The monoisotopic (exact) mass is 823 g/mol. The molecule has 7 atom stereocenters. The topological polar surface area (TPSA) is 205 Å². The van der Waals surface area contributed by atoms with Gasteiger partial charge in [-0.05, 0) is 81.2 Å². The molecule has 2 unspecified atom stereocenters. The van der Waals surface area contributed by atoms with Gasteiger partial charge >= 0.3 is 12.0 Å². The zero-order chi connectivity index (χ0) is 42.0. The number of nitrogens with one attached hydrogen (secondary N) is 4. The molecule has 59 heavy (non-hydrogen) atoms. The zero-order valence-corrected chi connectivity index (χ0v) is 32.7. The van der Waals surface area contributed by atoms with Crippen LogP contribution in [-0.2, 0) is 39.9 Å². The van der Waals surface area contributed by atoms with Crippen LogP contribution in [0.15, 0.2) is 36.4 Å². The summed E-state index contributed by atoms with van der Waals surface area (Å²) in [6, 6.07) is -0.813. The van der Waals surface area contributed by atoms with E-state index in [1.807, 2.05) is 6.92 Å². The normalized spacial score (nSPS) is 26.6. The first-order chi connectivity index (χ1) is 28.2. The van der Waals surface area contributed by atoms with Crippen LogP contribution in [0.4, 0.5) is 19.3 Å². The Morgan fingerprint density at radius 3 is 2.31 bits per heavy atom. The van der Waals surface area contributed by atoms with E-state index in [0.717, 1.165) is 12.1 Å².